The quantitative estimate of drug-likeness (QED) is 0.675. The SMILES string of the molecule is C[C@H]1CC=CC=CC=C1/C=C/c1ccccc1. The molecule has 0 fully saturated rings. The summed E-state index contributed by atoms with van der Waals surface area (Å²) in [6.45, 7) is 2.27. The monoisotopic (exact) mass is 222 g/mol. The van der Waals surface area contributed by atoms with E-state index in [0.29, 0.717) is 5.92 Å². The maximum Gasteiger partial charge on any atom is -0.0156 e. The summed E-state index contributed by atoms with van der Waals surface area (Å²) in [5.41, 5.74) is 2.64. The Labute approximate surface area is 104 Å². The average molecular weight is 222 g/mol. The van der Waals surface area contributed by atoms with Crippen molar-refractivity contribution in [3.05, 3.63) is 77.9 Å². The summed E-state index contributed by atoms with van der Waals surface area (Å²) < 4.78 is 0. The molecule has 0 saturated heterocycles. The van der Waals surface area contributed by atoms with Gasteiger partial charge in [0.25, 0.3) is 0 Å². The Bertz CT molecular complexity index is 458. The van der Waals surface area contributed by atoms with E-state index in [0.717, 1.165) is 6.42 Å². The summed E-state index contributed by atoms with van der Waals surface area (Å²) in [6, 6.07) is 10.4. The van der Waals surface area contributed by atoms with Crippen molar-refractivity contribution in [2.24, 2.45) is 5.92 Å². The highest BCUT2D eigenvalue weighted by Crippen LogP contribution is 2.19. The maximum atomic E-state index is 2.27. The predicted octanol–water partition coefficient (Wildman–Crippen LogP) is 4.78. The number of benzene rings is 1. The Morgan fingerprint density at radius 2 is 1.82 bits per heavy atom. The molecule has 1 atom stereocenters. The Kier molecular flexibility index (Phi) is 4.15. The fraction of sp³-hybridized carbons (Fsp3) is 0.176. The van der Waals surface area contributed by atoms with E-state index < -0.39 is 0 Å². The van der Waals surface area contributed by atoms with Gasteiger partial charge in [0.1, 0.15) is 0 Å². The third-order valence-electron chi connectivity index (χ3n) is 2.97. The number of hydrogen-bond acceptors (Lipinski definition) is 0. The Hall–Kier alpha value is -1.82. The third-order valence-corrected chi connectivity index (χ3v) is 2.97. The number of allylic oxidation sites excluding steroid dienone is 7. The van der Waals surface area contributed by atoms with E-state index in [1.54, 1.807) is 0 Å². The van der Waals surface area contributed by atoms with Crippen LogP contribution < -0.4 is 0 Å². The summed E-state index contributed by atoms with van der Waals surface area (Å²) in [4.78, 5) is 0. The van der Waals surface area contributed by atoms with Gasteiger partial charge < -0.3 is 0 Å². The van der Waals surface area contributed by atoms with Crippen molar-refractivity contribution in [2.75, 3.05) is 0 Å². The highest BCUT2D eigenvalue weighted by Gasteiger charge is 2.03. The van der Waals surface area contributed by atoms with Crippen molar-refractivity contribution in [3.63, 3.8) is 0 Å². The summed E-state index contributed by atoms with van der Waals surface area (Å²) in [7, 11) is 0. The van der Waals surface area contributed by atoms with Crippen LogP contribution in [-0.4, -0.2) is 0 Å². The van der Waals surface area contributed by atoms with Gasteiger partial charge in [0.05, 0.1) is 0 Å². The lowest BCUT2D eigenvalue weighted by Crippen LogP contribution is -1.96. The number of hydrogen-bond donors (Lipinski definition) is 0. The minimum absolute atomic E-state index is 0.580. The summed E-state index contributed by atoms with van der Waals surface area (Å²) in [6.07, 6.45) is 16.3. The van der Waals surface area contributed by atoms with Gasteiger partial charge in [0, 0.05) is 0 Å². The molecule has 1 aliphatic carbocycles. The molecule has 0 heteroatoms. The molecule has 0 bridgehead atoms. The molecule has 0 N–H and O–H groups in total. The zero-order valence-corrected chi connectivity index (χ0v) is 10.2. The van der Waals surface area contributed by atoms with Crippen LogP contribution >= 0.6 is 0 Å². The first-order chi connectivity index (χ1) is 8.36. The van der Waals surface area contributed by atoms with Crippen molar-refractivity contribution in [1.29, 1.82) is 0 Å². The lowest BCUT2D eigenvalue weighted by Gasteiger charge is -2.11. The van der Waals surface area contributed by atoms with Crippen LogP contribution in [0.4, 0.5) is 0 Å². The summed E-state index contributed by atoms with van der Waals surface area (Å²) in [5, 5.41) is 0. The largest absolute Gasteiger partial charge is 0.0839 e. The fourth-order valence-electron chi connectivity index (χ4n) is 1.87. The predicted molar refractivity (Wildman–Crippen MR) is 75.6 cm³/mol. The van der Waals surface area contributed by atoms with Gasteiger partial charge in [-0.05, 0) is 23.5 Å². The van der Waals surface area contributed by atoms with Gasteiger partial charge >= 0.3 is 0 Å². The Balaban J connectivity index is 2.14. The molecule has 2 rings (SSSR count). The molecule has 17 heavy (non-hydrogen) atoms. The average Bonchev–Trinajstić information content (AvgIpc) is 2.35. The van der Waals surface area contributed by atoms with Crippen molar-refractivity contribution in [1.82, 2.24) is 0 Å². The molecule has 0 aliphatic heterocycles. The van der Waals surface area contributed by atoms with Crippen molar-refractivity contribution in [2.45, 2.75) is 13.3 Å². The molecule has 0 spiro atoms. The van der Waals surface area contributed by atoms with Gasteiger partial charge in [-0.3, -0.25) is 0 Å². The zero-order chi connectivity index (χ0) is 11.9. The molecule has 1 aliphatic rings. The topological polar surface area (TPSA) is 0 Å². The standard InChI is InChI=1S/C17H18/c1-15-9-5-2-3-8-12-17(15)14-13-16-10-6-4-7-11-16/h2-8,10-15H,9H2,1H3/b5-2?,8-3?,14-13+,17-12?/t15-/m0/s1. The highest BCUT2D eigenvalue weighted by molar-refractivity contribution is 5.53. The van der Waals surface area contributed by atoms with Gasteiger partial charge in [-0.25, -0.2) is 0 Å². The van der Waals surface area contributed by atoms with Gasteiger partial charge in [0.2, 0.25) is 0 Å². The summed E-state index contributed by atoms with van der Waals surface area (Å²) >= 11 is 0. The van der Waals surface area contributed by atoms with E-state index in [1.807, 2.05) is 6.07 Å². The first-order valence-corrected chi connectivity index (χ1v) is 6.13. The fourth-order valence-corrected chi connectivity index (χ4v) is 1.87. The Morgan fingerprint density at radius 3 is 2.65 bits per heavy atom. The van der Waals surface area contributed by atoms with Gasteiger partial charge in [-0.15, -0.1) is 0 Å². The van der Waals surface area contributed by atoms with E-state index in [2.05, 4.69) is 73.7 Å². The molecule has 86 valence electrons. The summed E-state index contributed by atoms with van der Waals surface area (Å²) in [5.74, 6) is 0.580. The second-order valence-electron chi connectivity index (χ2n) is 4.36. The lowest BCUT2D eigenvalue weighted by molar-refractivity contribution is 0.712. The molecular formula is C17H18. The van der Waals surface area contributed by atoms with Gasteiger partial charge in [-0.1, -0.05) is 79.8 Å². The molecule has 1 aromatic rings. The van der Waals surface area contributed by atoms with Crippen LogP contribution in [0.3, 0.4) is 0 Å². The second-order valence-corrected chi connectivity index (χ2v) is 4.36. The van der Waals surface area contributed by atoms with Gasteiger partial charge in [0.15, 0.2) is 0 Å². The molecule has 0 aromatic heterocycles. The Morgan fingerprint density at radius 1 is 1.00 bits per heavy atom. The van der Waals surface area contributed by atoms with Gasteiger partial charge in [-0.2, -0.15) is 0 Å². The highest BCUT2D eigenvalue weighted by atomic mass is 14.1. The normalized spacial score (nSPS) is 20.1. The minimum atomic E-state index is 0.580. The molecular weight excluding hydrogens is 204 g/mol. The van der Waals surface area contributed by atoms with Crippen molar-refractivity contribution < 1.29 is 0 Å². The van der Waals surface area contributed by atoms with Crippen LogP contribution in [-0.2, 0) is 0 Å². The van der Waals surface area contributed by atoms with Crippen LogP contribution in [0.25, 0.3) is 6.08 Å². The molecule has 1 aromatic carbocycles. The van der Waals surface area contributed by atoms with E-state index in [-0.39, 0.29) is 0 Å². The lowest BCUT2D eigenvalue weighted by atomic mass is 9.95. The minimum Gasteiger partial charge on any atom is -0.0839 e. The molecule has 0 amide bonds. The second kappa shape index (κ2) is 6.05. The van der Waals surface area contributed by atoms with Crippen molar-refractivity contribution >= 4 is 6.08 Å². The third kappa shape index (κ3) is 3.60. The zero-order valence-electron chi connectivity index (χ0n) is 10.2. The molecule has 0 saturated carbocycles. The molecule has 0 heterocycles. The molecule has 0 nitrogen and oxygen atoms in total. The molecule has 0 radical (unpaired) electrons. The van der Waals surface area contributed by atoms with Crippen LogP contribution in [0.2, 0.25) is 0 Å². The van der Waals surface area contributed by atoms with E-state index >= 15 is 0 Å². The first kappa shape index (κ1) is 11.7. The molecule has 0 unspecified atom stereocenters. The van der Waals surface area contributed by atoms with E-state index in [9.17, 15) is 0 Å². The van der Waals surface area contributed by atoms with E-state index in [1.165, 1.54) is 11.1 Å². The smallest absolute Gasteiger partial charge is 0.0156 e. The van der Waals surface area contributed by atoms with E-state index in [4.69, 9.17) is 0 Å². The van der Waals surface area contributed by atoms with Crippen LogP contribution in [0.15, 0.2) is 72.4 Å². The van der Waals surface area contributed by atoms with Crippen LogP contribution in [0.5, 0.6) is 0 Å². The van der Waals surface area contributed by atoms with Crippen molar-refractivity contribution in [3.8, 4) is 0 Å². The van der Waals surface area contributed by atoms with Crippen LogP contribution in [0.1, 0.15) is 18.9 Å². The first-order valence-electron chi connectivity index (χ1n) is 6.13. The van der Waals surface area contributed by atoms with Crippen LogP contribution in [0, 0.1) is 5.92 Å². The number of rotatable bonds is 2. The maximum absolute atomic E-state index is 2.27.